The summed E-state index contributed by atoms with van der Waals surface area (Å²) in [5, 5.41) is 0. The van der Waals surface area contributed by atoms with Gasteiger partial charge in [-0.1, -0.05) is 26.0 Å². The van der Waals surface area contributed by atoms with E-state index in [9.17, 15) is 9.59 Å². The lowest BCUT2D eigenvalue weighted by Gasteiger charge is -2.34. The normalized spacial score (nSPS) is 33.0. The zero-order valence-electron chi connectivity index (χ0n) is 15.4. The first-order chi connectivity index (χ1) is 12.2. The Morgan fingerprint density at radius 3 is 2.46 bits per heavy atom. The minimum Gasteiger partial charge on any atom is -0.407 e. The van der Waals surface area contributed by atoms with Gasteiger partial charge >= 0.3 is 6.09 Å². The molecule has 0 aromatic heterocycles. The third-order valence-electron chi connectivity index (χ3n) is 5.01. The Hall–Kier alpha value is -1.96. The molecule has 0 radical (unpaired) electrons. The van der Waals surface area contributed by atoms with Gasteiger partial charge < -0.3 is 18.9 Å². The first-order valence-corrected chi connectivity index (χ1v) is 8.85. The van der Waals surface area contributed by atoms with E-state index in [-0.39, 0.29) is 13.2 Å². The zero-order valence-corrected chi connectivity index (χ0v) is 15.4. The molecule has 7 heteroatoms. The molecule has 0 aliphatic carbocycles. The summed E-state index contributed by atoms with van der Waals surface area (Å²) in [5.74, 6) is -2.52. The minimum atomic E-state index is -1.64. The number of carbonyl (C=O) groups is 2. The number of ether oxygens (including phenoxy) is 4. The number of carbonyl (C=O) groups excluding carboxylic acids is 2. The summed E-state index contributed by atoms with van der Waals surface area (Å²) in [4.78, 5) is 26.8. The van der Waals surface area contributed by atoms with Gasteiger partial charge in [0.2, 0.25) is 5.78 Å². The van der Waals surface area contributed by atoms with E-state index < -0.39 is 35.7 Å². The van der Waals surface area contributed by atoms with Crippen LogP contribution in [0.2, 0.25) is 0 Å². The second kappa shape index (κ2) is 5.77. The Labute approximate surface area is 152 Å². The van der Waals surface area contributed by atoms with Gasteiger partial charge in [-0.25, -0.2) is 4.79 Å². The van der Waals surface area contributed by atoms with Gasteiger partial charge in [-0.15, -0.1) is 0 Å². The van der Waals surface area contributed by atoms with Gasteiger partial charge in [0.05, 0.1) is 6.61 Å². The van der Waals surface area contributed by atoms with Crippen LogP contribution in [0.5, 0.6) is 0 Å². The third-order valence-corrected chi connectivity index (χ3v) is 5.01. The van der Waals surface area contributed by atoms with Crippen molar-refractivity contribution in [3.05, 3.63) is 29.8 Å². The lowest BCUT2D eigenvalue weighted by Crippen LogP contribution is -2.59. The van der Waals surface area contributed by atoms with Crippen LogP contribution in [0.15, 0.2) is 24.3 Å². The van der Waals surface area contributed by atoms with E-state index in [2.05, 4.69) is 13.8 Å². The molecule has 3 fully saturated rings. The highest BCUT2D eigenvalue weighted by molar-refractivity contribution is 6.00. The summed E-state index contributed by atoms with van der Waals surface area (Å²) in [7, 11) is 0. The molecule has 4 rings (SSSR count). The van der Waals surface area contributed by atoms with Gasteiger partial charge in [0.25, 0.3) is 5.79 Å². The van der Waals surface area contributed by atoms with E-state index >= 15 is 0 Å². The molecule has 3 heterocycles. The Morgan fingerprint density at radius 2 is 1.81 bits per heavy atom. The summed E-state index contributed by atoms with van der Waals surface area (Å²) in [6, 6.07) is 7.64. The number of benzene rings is 1. The fraction of sp³-hybridized carbons (Fsp3) is 0.579. The maximum absolute atomic E-state index is 13.0. The van der Waals surface area contributed by atoms with Crippen LogP contribution in [-0.4, -0.2) is 48.8 Å². The highest BCUT2D eigenvalue weighted by Gasteiger charge is 2.63. The van der Waals surface area contributed by atoms with E-state index in [4.69, 9.17) is 18.9 Å². The summed E-state index contributed by atoms with van der Waals surface area (Å²) in [6.07, 6.45) is -1.89. The van der Waals surface area contributed by atoms with Crippen molar-refractivity contribution in [1.82, 2.24) is 0 Å². The average molecular weight is 361 g/mol. The Bertz CT molecular complexity index is 743. The van der Waals surface area contributed by atoms with E-state index in [1.165, 1.54) is 10.5 Å². The summed E-state index contributed by atoms with van der Waals surface area (Å²) in [5.41, 5.74) is 1.83. The molecule has 1 aromatic carbocycles. The van der Waals surface area contributed by atoms with Crippen LogP contribution in [0.4, 0.5) is 10.5 Å². The molecule has 7 nitrogen and oxygen atoms in total. The smallest absolute Gasteiger partial charge is 0.407 e. The van der Waals surface area contributed by atoms with Crippen molar-refractivity contribution in [3.63, 3.8) is 0 Å². The Morgan fingerprint density at radius 1 is 1.12 bits per heavy atom. The van der Waals surface area contributed by atoms with Crippen molar-refractivity contribution in [3.8, 4) is 0 Å². The number of amides is 1. The first-order valence-electron chi connectivity index (χ1n) is 8.85. The molecular formula is C19H23NO6. The predicted octanol–water partition coefficient (Wildman–Crippen LogP) is 2.58. The van der Waals surface area contributed by atoms with Gasteiger partial charge in [0, 0.05) is 5.69 Å². The maximum atomic E-state index is 13.0. The fourth-order valence-corrected chi connectivity index (χ4v) is 3.62. The molecule has 3 saturated heterocycles. The number of anilines is 1. The molecular weight excluding hydrogens is 338 g/mol. The zero-order chi connectivity index (χ0) is 18.7. The van der Waals surface area contributed by atoms with Gasteiger partial charge in [-0.3, -0.25) is 9.69 Å². The Kier molecular flexibility index (Phi) is 3.87. The Balaban J connectivity index is 1.56. The monoisotopic (exact) mass is 361 g/mol. The highest BCUT2D eigenvalue weighted by Crippen LogP contribution is 2.40. The van der Waals surface area contributed by atoms with Crippen LogP contribution in [0.25, 0.3) is 0 Å². The highest BCUT2D eigenvalue weighted by atomic mass is 16.8. The lowest BCUT2D eigenvalue weighted by atomic mass is 9.98. The molecule has 1 amide bonds. The number of fused-ring (bicyclic) bond motifs is 1. The van der Waals surface area contributed by atoms with Crippen LogP contribution >= 0.6 is 0 Å². The molecule has 0 N–H and O–H groups in total. The summed E-state index contributed by atoms with van der Waals surface area (Å²) >= 11 is 0. The number of hydrogen-bond acceptors (Lipinski definition) is 6. The predicted molar refractivity (Wildman–Crippen MR) is 91.9 cm³/mol. The number of Topliss-reactive ketones (excluding diaryl/α,β-unsaturated/α-hetero) is 1. The standard InChI is InChI=1S/C19H23NO6/c1-11(2)12-5-7-13(8-6-12)20-10-19(26-17(20)22)16(21)15-14(9-23-19)24-18(3,4)25-15/h5-8,11,14-15H,9-10H2,1-4H3/t14-,15-,19+/m1/s1. The van der Waals surface area contributed by atoms with Crippen LogP contribution in [0.1, 0.15) is 39.2 Å². The number of rotatable bonds is 2. The number of hydrogen-bond donors (Lipinski definition) is 0. The van der Waals surface area contributed by atoms with Crippen molar-refractivity contribution in [2.45, 2.75) is 57.4 Å². The molecule has 1 spiro atoms. The molecule has 0 bridgehead atoms. The SMILES string of the molecule is CC(C)c1ccc(N2C[C@]3(OC[C@H]4OC(C)(C)O[C@H]4C3=O)OC2=O)cc1. The molecule has 3 aliphatic rings. The molecule has 3 aliphatic heterocycles. The lowest BCUT2D eigenvalue weighted by molar-refractivity contribution is -0.218. The minimum absolute atomic E-state index is 0.00129. The molecule has 26 heavy (non-hydrogen) atoms. The molecule has 1 aromatic rings. The van der Waals surface area contributed by atoms with Crippen molar-refractivity contribution in [2.75, 3.05) is 18.1 Å². The topological polar surface area (TPSA) is 74.3 Å². The third kappa shape index (κ3) is 2.71. The van der Waals surface area contributed by atoms with Crippen molar-refractivity contribution in [1.29, 1.82) is 0 Å². The fourth-order valence-electron chi connectivity index (χ4n) is 3.62. The van der Waals surface area contributed by atoms with Crippen LogP contribution in [0.3, 0.4) is 0 Å². The quantitative estimate of drug-likeness (QED) is 0.806. The molecule has 0 unspecified atom stereocenters. The van der Waals surface area contributed by atoms with Gasteiger partial charge in [0.1, 0.15) is 12.6 Å². The van der Waals surface area contributed by atoms with Crippen molar-refractivity contribution < 1.29 is 28.5 Å². The van der Waals surface area contributed by atoms with Crippen molar-refractivity contribution in [2.24, 2.45) is 0 Å². The van der Waals surface area contributed by atoms with Crippen LogP contribution < -0.4 is 4.90 Å². The van der Waals surface area contributed by atoms with Gasteiger partial charge in [-0.2, -0.15) is 0 Å². The molecule has 140 valence electrons. The summed E-state index contributed by atoms with van der Waals surface area (Å²) < 4.78 is 22.5. The first kappa shape index (κ1) is 17.5. The molecule has 3 atom stereocenters. The maximum Gasteiger partial charge on any atom is 0.417 e. The van der Waals surface area contributed by atoms with Crippen LogP contribution in [-0.2, 0) is 23.7 Å². The van der Waals surface area contributed by atoms with E-state index in [1.807, 2.05) is 24.3 Å². The summed E-state index contributed by atoms with van der Waals surface area (Å²) in [6.45, 7) is 7.82. The van der Waals surface area contributed by atoms with E-state index in [1.54, 1.807) is 13.8 Å². The van der Waals surface area contributed by atoms with E-state index in [0.717, 1.165) is 0 Å². The second-order valence-electron chi connectivity index (χ2n) is 7.72. The molecule has 0 saturated carbocycles. The number of ketones is 1. The second-order valence-corrected chi connectivity index (χ2v) is 7.72. The largest absolute Gasteiger partial charge is 0.417 e. The van der Waals surface area contributed by atoms with Crippen LogP contribution in [0, 0.1) is 0 Å². The average Bonchev–Trinajstić information content (AvgIpc) is 3.09. The van der Waals surface area contributed by atoms with Gasteiger partial charge in [-0.05, 0) is 37.5 Å². The number of nitrogens with zero attached hydrogens (tertiary/aromatic N) is 1. The van der Waals surface area contributed by atoms with Crippen molar-refractivity contribution >= 4 is 17.6 Å². The van der Waals surface area contributed by atoms with E-state index in [0.29, 0.717) is 11.6 Å². The van der Waals surface area contributed by atoms with Gasteiger partial charge in [0.15, 0.2) is 11.9 Å².